The summed E-state index contributed by atoms with van der Waals surface area (Å²) in [6.07, 6.45) is 2.59. The van der Waals surface area contributed by atoms with Gasteiger partial charge in [0.2, 0.25) is 0 Å². The smallest absolute Gasteiger partial charge is 0.119 e. The molecule has 0 radical (unpaired) electrons. The number of rotatable bonds is 8. The van der Waals surface area contributed by atoms with Crippen LogP contribution in [0.1, 0.15) is 26.2 Å². The topological polar surface area (TPSA) is 44.5 Å². The lowest BCUT2D eigenvalue weighted by Crippen LogP contribution is -2.09. The van der Waals surface area contributed by atoms with E-state index in [0.29, 0.717) is 11.6 Å². The lowest BCUT2D eigenvalue weighted by atomic mass is 10.3. The molecule has 0 saturated heterocycles. The number of thiocarbonyl (C=S) groups is 1. The fourth-order valence-corrected chi connectivity index (χ4v) is 1.43. The summed E-state index contributed by atoms with van der Waals surface area (Å²) < 4.78 is 11.0. The van der Waals surface area contributed by atoms with Gasteiger partial charge in [-0.3, -0.25) is 0 Å². The summed E-state index contributed by atoms with van der Waals surface area (Å²) in [4.78, 5) is 0.539. The second-order valence-electron chi connectivity index (χ2n) is 3.74. The summed E-state index contributed by atoms with van der Waals surface area (Å²) in [5, 5.41) is 0. The standard InChI is InChI=1S/C13H19NO2S/c1-2-9-15-11-5-7-12(8-6-11)16-10-3-4-13(14)17/h5-8H,2-4,9-10H2,1H3,(H2,14,17). The van der Waals surface area contributed by atoms with Crippen LogP contribution in [0.5, 0.6) is 11.5 Å². The molecule has 2 N–H and O–H groups in total. The molecule has 94 valence electrons. The highest BCUT2D eigenvalue weighted by molar-refractivity contribution is 7.80. The van der Waals surface area contributed by atoms with E-state index in [-0.39, 0.29) is 0 Å². The van der Waals surface area contributed by atoms with Gasteiger partial charge in [0, 0.05) is 6.42 Å². The minimum Gasteiger partial charge on any atom is -0.494 e. The normalized spacial score (nSPS) is 9.94. The second-order valence-corrected chi connectivity index (χ2v) is 4.26. The van der Waals surface area contributed by atoms with Crippen molar-refractivity contribution >= 4 is 17.2 Å². The number of nitrogens with two attached hydrogens (primary N) is 1. The molecule has 0 heterocycles. The average molecular weight is 253 g/mol. The van der Waals surface area contributed by atoms with Gasteiger partial charge in [0.15, 0.2) is 0 Å². The first kappa shape index (κ1) is 13.8. The van der Waals surface area contributed by atoms with Gasteiger partial charge in [0.05, 0.1) is 18.2 Å². The Balaban J connectivity index is 2.27. The van der Waals surface area contributed by atoms with Gasteiger partial charge in [0.25, 0.3) is 0 Å². The molecule has 0 aliphatic rings. The Morgan fingerprint density at radius 2 is 1.65 bits per heavy atom. The average Bonchev–Trinajstić information content (AvgIpc) is 2.33. The highest BCUT2D eigenvalue weighted by Gasteiger charge is 1.96. The van der Waals surface area contributed by atoms with Crippen LogP contribution in [0.2, 0.25) is 0 Å². The Kier molecular flexibility index (Phi) is 6.40. The molecule has 0 bridgehead atoms. The number of benzene rings is 1. The molecule has 1 rings (SSSR count). The van der Waals surface area contributed by atoms with Crippen LogP contribution in [-0.4, -0.2) is 18.2 Å². The molecule has 0 aromatic heterocycles. The van der Waals surface area contributed by atoms with Gasteiger partial charge < -0.3 is 15.2 Å². The fraction of sp³-hybridized carbons (Fsp3) is 0.462. The van der Waals surface area contributed by atoms with E-state index in [0.717, 1.165) is 37.4 Å². The lowest BCUT2D eigenvalue weighted by Gasteiger charge is -2.07. The zero-order valence-electron chi connectivity index (χ0n) is 10.1. The molecule has 0 aliphatic carbocycles. The Morgan fingerprint density at radius 3 is 2.12 bits per heavy atom. The van der Waals surface area contributed by atoms with Crippen LogP contribution in [0.3, 0.4) is 0 Å². The summed E-state index contributed by atoms with van der Waals surface area (Å²) in [5.41, 5.74) is 5.40. The SMILES string of the molecule is CCCOc1ccc(OCCCC(N)=S)cc1. The van der Waals surface area contributed by atoms with E-state index >= 15 is 0 Å². The Labute approximate surface area is 108 Å². The zero-order chi connectivity index (χ0) is 12.5. The molecular weight excluding hydrogens is 234 g/mol. The molecule has 1 aromatic carbocycles. The van der Waals surface area contributed by atoms with Crippen LogP contribution < -0.4 is 15.2 Å². The van der Waals surface area contributed by atoms with Crippen LogP contribution >= 0.6 is 12.2 Å². The molecule has 3 nitrogen and oxygen atoms in total. The fourth-order valence-electron chi connectivity index (χ4n) is 1.29. The van der Waals surface area contributed by atoms with Crippen molar-refractivity contribution in [1.29, 1.82) is 0 Å². The summed E-state index contributed by atoms with van der Waals surface area (Å²) >= 11 is 4.79. The van der Waals surface area contributed by atoms with Crippen LogP contribution in [0.15, 0.2) is 24.3 Å². The minimum absolute atomic E-state index is 0.539. The highest BCUT2D eigenvalue weighted by atomic mass is 32.1. The van der Waals surface area contributed by atoms with Crippen LogP contribution in [0.25, 0.3) is 0 Å². The summed E-state index contributed by atoms with van der Waals surface area (Å²) in [5.74, 6) is 1.72. The predicted octanol–water partition coefficient (Wildman–Crippen LogP) is 2.92. The number of ether oxygens (including phenoxy) is 2. The van der Waals surface area contributed by atoms with Crippen molar-refractivity contribution in [3.63, 3.8) is 0 Å². The highest BCUT2D eigenvalue weighted by Crippen LogP contribution is 2.17. The van der Waals surface area contributed by atoms with Crippen molar-refractivity contribution in [3.05, 3.63) is 24.3 Å². The maximum Gasteiger partial charge on any atom is 0.119 e. The molecule has 17 heavy (non-hydrogen) atoms. The maximum absolute atomic E-state index is 5.55. The molecule has 0 atom stereocenters. The van der Waals surface area contributed by atoms with E-state index in [9.17, 15) is 0 Å². The molecule has 0 saturated carbocycles. The van der Waals surface area contributed by atoms with E-state index in [1.165, 1.54) is 0 Å². The van der Waals surface area contributed by atoms with Gasteiger partial charge in [-0.1, -0.05) is 19.1 Å². The first-order valence-electron chi connectivity index (χ1n) is 5.86. The third kappa shape index (κ3) is 6.12. The van der Waals surface area contributed by atoms with E-state index in [1.807, 2.05) is 24.3 Å². The van der Waals surface area contributed by atoms with E-state index in [4.69, 9.17) is 27.4 Å². The van der Waals surface area contributed by atoms with E-state index in [1.54, 1.807) is 0 Å². The molecule has 0 aliphatic heterocycles. The first-order valence-corrected chi connectivity index (χ1v) is 6.27. The Hall–Kier alpha value is -1.29. The summed E-state index contributed by atoms with van der Waals surface area (Å²) in [6.45, 7) is 3.46. The summed E-state index contributed by atoms with van der Waals surface area (Å²) in [7, 11) is 0. The molecule has 0 fully saturated rings. The lowest BCUT2D eigenvalue weighted by molar-refractivity contribution is 0.306. The Bertz CT molecular complexity index is 338. The molecule has 4 heteroatoms. The third-order valence-electron chi connectivity index (χ3n) is 2.13. The third-order valence-corrected chi connectivity index (χ3v) is 2.34. The van der Waals surface area contributed by atoms with Gasteiger partial charge in [-0.05, 0) is 37.1 Å². The van der Waals surface area contributed by atoms with Crippen LogP contribution in [-0.2, 0) is 0 Å². The second kappa shape index (κ2) is 7.90. The molecule has 0 spiro atoms. The van der Waals surface area contributed by atoms with Crippen molar-refractivity contribution in [3.8, 4) is 11.5 Å². The van der Waals surface area contributed by atoms with Crippen molar-refractivity contribution < 1.29 is 9.47 Å². The first-order chi connectivity index (χ1) is 8.22. The van der Waals surface area contributed by atoms with Crippen molar-refractivity contribution in [2.45, 2.75) is 26.2 Å². The molecule has 0 amide bonds. The van der Waals surface area contributed by atoms with Gasteiger partial charge in [-0.2, -0.15) is 0 Å². The largest absolute Gasteiger partial charge is 0.494 e. The zero-order valence-corrected chi connectivity index (χ0v) is 11.0. The Morgan fingerprint density at radius 1 is 1.12 bits per heavy atom. The monoisotopic (exact) mass is 253 g/mol. The van der Waals surface area contributed by atoms with Gasteiger partial charge in [-0.25, -0.2) is 0 Å². The maximum atomic E-state index is 5.55. The van der Waals surface area contributed by atoms with E-state index in [2.05, 4.69) is 6.92 Å². The van der Waals surface area contributed by atoms with Gasteiger partial charge >= 0.3 is 0 Å². The minimum atomic E-state index is 0.539. The number of hydrogen-bond donors (Lipinski definition) is 1. The van der Waals surface area contributed by atoms with Crippen LogP contribution in [0, 0.1) is 0 Å². The van der Waals surface area contributed by atoms with Crippen molar-refractivity contribution in [2.75, 3.05) is 13.2 Å². The van der Waals surface area contributed by atoms with Gasteiger partial charge in [0.1, 0.15) is 11.5 Å². The van der Waals surface area contributed by atoms with Crippen molar-refractivity contribution in [2.24, 2.45) is 5.73 Å². The van der Waals surface area contributed by atoms with Crippen LogP contribution in [0.4, 0.5) is 0 Å². The predicted molar refractivity (Wildman–Crippen MR) is 73.7 cm³/mol. The van der Waals surface area contributed by atoms with E-state index < -0.39 is 0 Å². The quantitative estimate of drug-likeness (QED) is 0.571. The van der Waals surface area contributed by atoms with Crippen molar-refractivity contribution in [1.82, 2.24) is 0 Å². The molecule has 0 unspecified atom stereocenters. The molecule has 1 aromatic rings. The van der Waals surface area contributed by atoms with Gasteiger partial charge in [-0.15, -0.1) is 0 Å². The number of hydrogen-bond acceptors (Lipinski definition) is 3. The molecular formula is C13H19NO2S. The summed E-state index contributed by atoms with van der Waals surface area (Å²) in [6, 6.07) is 7.65.